The molecule has 5 rings (SSSR count). The lowest BCUT2D eigenvalue weighted by Gasteiger charge is -2.45. The lowest BCUT2D eigenvalue weighted by molar-refractivity contribution is -0.151. The van der Waals surface area contributed by atoms with E-state index in [4.69, 9.17) is 14.2 Å². The Bertz CT molecular complexity index is 1140. The molecule has 3 atom stereocenters. The van der Waals surface area contributed by atoms with E-state index in [0.717, 1.165) is 5.69 Å². The molecule has 0 aromatic heterocycles. The van der Waals surface area contributed by atoms with Crippen molar-refractivity contribution in [2.24, 2.45) is 5.92 Å². The van der Waals surface area contributed by atoms with Crippen LogP contribution in [-0.2, 0) is 19.1 Å². The van der Waals surface area contributed by atoms with Crippen molar-refractivity contribution in [1.82, 2.24) is 15.3 Å². The van der Waals surface area contributed by atoms with E-state index in [-0.39, 0.29) is 25.0 Å². The Balaban J connectivity index is 1.37. The highest BCUT2D eigenvalue weighted by molar-refractivity contribution is 5.92. The number of hydrogen-bond acceptors (Lipinski definition) is 8. The van der Waals surface area contributed by atoms with Gasteiger partial charge in [-0.3, -0.25) is 19.7 Å². The maximum Gasteiger partial charge on any atom is 0.410 e. The number of nitrogens with one attached hydrogen (secondary N) is 1. The molecule has 3 saturated heterocycles. The van der Waals surface area contributed by atoms with Crippen molar-refractivity contribution in [2.75, 3.05) is 50.8 Å². The average molecular weight is 553 g/mol. The number of piperidine rings is 1. The molecule has 3 aliphatic rings. The number of amides is 3. The fourth-order valence-corrected chi connectivity index (χ4v) is 5.66. The van der Waals surface area contributed by atoms with Crippen LogP contribution in [0.25, 0.3) is 0 Å². The molecule has 2 aromatic carbocycles. The van der Waals surface area contributed by atoms with Crippen LogP contribution in [0.1, 0.15) is 19.3 Å². The van der Waals surface area contributed by atoms with Gasteiger partial charge in [0.2, 0.25) is 11.8 Å². The zero-order valence-electron chi connectivity index (χ0n) is 22.4. The first-order chi connectivity index (χ1) is 19.5. The maximum atomic E-state index is 14.0. The fraction of sp³-hybridized carbons (Fsp3) is 0.483. The van der Waals surface area contributed by atoms with Crippen molar-refractivity contribution in [1.29, 1.82) is 0 Å². The zero-order valence-corrected chi connectivity index (χ0v) is 22.4. The molecule has 214 valence electrons. The predicted molar refractivity (Wildman–Crippen MR) is 145 cm³/mol. The second-order valence-corrected chi connectivity index (χ2v) is 10.3. The lowest BCUT2D eigenvalue weighted by atomic mass is 9.86. The van der Waals surface area contributed by atoms with Gasteiger partial charge in [0.15, 0.2) is 0 Å². The van der Waals surface area contributed by atoms with Gasteiger partial charge in [0.1, 0.15) is 24.0 Å². The minimum absolute atomic E-state index is 0.0620. The van der Waals surface area contributed by atoms with E-state index in [2.05, 4.69) is 4.90 Å². The van der Waals surface area contributed by atoms with Crippen molar-refractivity contribution >= 4 is 23.6 Å². The molecule has 0 spiro atoms. The van der Waals surface area contributed by atoms with Gasteiger partial charge in [-0.05, 0) is 24.3 Å². The van der Waals surface area contributed by atoms with Crippen LogP contribution >= 0.6 is 0 Å². The molecule has 0 unspecified atom stereocenters. The predicted octanol–water partition coefficient (Wildman–Crippen LogP) is 2.29. The van der Waals surface area contributed by atoms with Gasteiger partial charge in [-0.15, -0.1) is 0 Å². The van der Waals surface area contributed by atoms with Gasteiger partial charge >= 0.3 is 6.09 Å². The summed E-state index contributed by atoms with van der Waals surface area (Å²) in [5.41, 5.74) is 2.78. The van der Waals surface area contributed by atoms with Crippen molar-refractivity contribution in [3.8, 4) is 5.75 Å². The summed E-state index contributed by atoms with van der Waals surface area (Å²) in [5, 5.41) is 9.60. The van der Waals surface area contributed by atoms with E-state index in [0.29, 0.717) is 58.0 Å². The standard InChI is InChI=1S/C29H36N4O7/c34-27(30-37)25-19-24(39-22-9-5-2-6-10-22)20-33(29(36)40-23-11-17-38-18-12-23)26(25)28(35)32-15-13-31(14-16-32)21-7-3-1-4-8-21/h1-10,23-26,37H,11-20H2,(H,30,34)/t24-,25-,26-/m0/s1. The van der Waals surface area contributed by atoms with Gasteiger partial charge in [0, 0.05) is 51.1 Å². The summed E-state index contributed by atoms with van der Waals surface area (Å²) in [7, 11) is 0. The number of nitrogens with zero attached hydrogens (tertiary/aromatic N) is 3. The smallest absolute Gasteiger partial charge is 0.410 e. The highest BCUT2D eigenvalue weighted by atomic mass is 16.6. The number of ether oxygens (including phenoxy) is 3. The van der Waals surface area contributed by atoms with Crippen molar-refractivity contribution < 1.29 is 33.8 Å². The third-order valence-electron chi connectivity index (χ3n) is 7.76. The molecule has 0 aliphatic carbocycles. The number of benzene rings is 2. The minimum Gasteiger partial charge on any atom is -0.489 e. The molecule has 0 saturated carbocycles. The second-order valence-electron chi connectivity index (χ2n) is 10.3. The number of piperazine rings is 1. The molecule has 3 fully saturated rings. The van der Waals surface area contributed by atoms with Gasteiger partial charge < -0.3 is 24.0 Å². The molecule has 11 heteroatoms. The van der Waals surface area contributed by atoms with Gasteiger partial charge in [-0.2, -0.15) is 0 Å². The number of para-hydroxylation sites is 2. The molecule has 40 heavy (non-hydrogen) atoms. The topological polar surface area (TPSA) is 121 Å². The monoisotopic (exact) mass is 552 g/mol. The van der Waals surface area contributed by atoms with Crippen molar-refractivity contribution in [3.05, 3.63) is 60.7 Å². The van der Waals surface area contributed by atoms with Gasteiger partial charge in [-0.25, -0.2) is 10.3 Å². The number of carbonyl (C=O) groups excluding carboxylic acids is 3. The van der Waals surface area contributed by atoms with Gasteiger partial charge in [0.05, 0.1) is 25.7 Å². The van der Waals surface area contributed by atoms with Crippen LogP contribution in [0.4, 0.5) is 10.5 Å². The highest BCUT2D eigenvalue weighted by Gasteiger charge is 2.49. The summed E-state index contributed by atoms with van der Waals surface area (Å²) in [6.07, 6.45) is -0.347. The normalized spacial score (nSPS) is 23.8. The quantitative estimate of drug-likeness (QED) is 0.414. The van der Waals surface area contributed by atoms with E-state index < -0.39 is 30.1 Å². The summed E-state index contributed by atoms with van der Waals surface area (Å²) >= 11 is 0. The Kier molecular flexibility index (Phi) is 9.02. The largest absolute Gasteiger partial charge is 0.489 e. The molecule has 3 heterocycles. The summed E-state index contributed by atoms with van der Waals surface area (Å²) in [5.74, 6) is -1.54. The zero-order chi connectivity index (χ0) is 27.9. The summed E-state index contributed by atoms with van der Waals surface area (Å²) in [4.78, 5) is 45.8. The third-order valence-corrected chi connectivity index (χ3v) is 7.76. The molecule has 0 bridgehead atoms. The Labute approximate surface area is 233 Å². The lowest BCUT2D eigenvalue weighted by Crippen LogP contribution is -2.65. The van der Waals surface area contributed by atoms with Crippen LogP contribution in [0.3, 0.4) is 0 Å². The Hall–Kier alpha value is -3.83. The molecule has 0 radical (unpaired) electrons. The maximum absolute atomic E-state index is 14.0. The van der Waals surface area contributed by atoms with E-state index in [1.807, 2.05) is 48.5 Å². The third kappa shape index (κ3) is 6.48. The summed E-state index contributed by atoms with van der Waals surface area (Å²) < 4.78 is 17.3. The highest BCUT2D eigenvalue weighted by Crippen LogP contribution is 2.31. The van der Waals surface area contributed by atoms with Gasteiger partial charge in [0.25, 0.3) is 0 Å². The molecule has 11 nitrogen and oxygen atoms in total. The minimum atomic E-state index is -1.14. The molecule has 2 N–H and O–H groups in total. The van der Waals surface area contributed by atoms with E-state index in [1.165, 1.54) is 4.90 Å². The average Bonchev–Trinajstić information content (AvgIpc) is 3.01. The van der Waals surface area contributed by atoms with Crippen LogP contribution < -0.4 is 15.1 Å². The number of rotatable bonds is 6. The molecule has 3 amide bonds. The SMILES string of the molecule is O=C(NO)[C@H]1C[C@H](Oc2ccccc2)CN(C(=O)OC2CCOCC2)[C@@H]1C(=O)N1CCN(c2ccccc2)CC1. The first-order valence-corrected chi connectivity index (χ1v) is 13.8. The second kappa shape index (κ2) is 13.0. The van der Waals surface area contributed by atoms with E-state index in [1.54, 1.807) is 22.5 Å². The molecule has 2 aromatic rings. The number of likely N-dealkylation sites (tertiary alicyclic amines) is 1. The summed E-state index contributed by atoms with van der Waals surface area (Å²) in [6.45, 7) is 3.14. The first-order valence-electron chi connectivity index (χ1n) is 13.8. The summed E-state index contributed by atoms with van der Waals surface area (Å²) in [6, 6.07) is 17.9. The Morgan fingerprint density at radius 3 is 2.17 bits per heavy atom. The fourth-order valence-electron chi connectivity index (χ4n) is 5.66. The van der Waals surface area contributed by atoms with Crippen LogP contribution in [-0.4, -0.2) is 97.1 Å². The number of hydrogen-bond donors (Lipinski definition) is 2. The number of carbonyl (C=O) groups is 3. The van der Waals surface area contributed by atoms with Gasteiger partial charge in [-0.1, -0.05) is 36.4 Å². The van der Waals surface area contributed by atoms with Crippen LogP contribution in [0.15, 0.2) is 60.7 Å². The van der Waals surface area contributed by atoms with Crippen molar-refractivity contribution in [2.45, 2.75) is 37.5 Å². The van der Waals surface area contributed by atoms with Crippen LogP contribution in [0, 0.1) is 5.92 Å². The Morgan fingerprint density at radius 2 is 1.52 bits per heavy atom. The van der Waals surface area contributed by atoms with Crippen LogP contribution in [0.5, 0.6) is 5.75 Å². The van der Waals surface area contributed by atoms with Crippen molar-refractivity contribution in [3.63, 3.8) is 0 Å². The molecule has 3 aliphatic heterocycles. The molecular formula is C29H36N4O7. The molecular weight excluding hydrogens is 516 g/mol. The van der Waals surface area contributed by atoms with E-state index >= 15 is 0 Å². The van der Waals surface area contributed by atoms with Crippen LogP contribution in [0.2, 0.25) is 0 Å². The first kappa shape index (κ1) is 27.7. The number of hydroxylamine groups is 1. The number of anilines is 1. The Morgan fingerprint density at radius 1 is 0.875 bits per heavy atom. The van der Waals surface area contributed by atoms with E-state index in [9.17, 15) is 19.6 Å².